The van der Waals surface area contributed by atoms with Crippen LogP contribution in [0.1, 0.15) is 36.7 Å². The van der Waals surface area contributed by atoms with E-state index in [1.165, 1.54) is 4.31 Å². The standard InChI is InChI=1S/C15H22N2O3S/c1-4-21(19,20)17-8-7-12-9-13(5-6-14(12)17)15(18)16-10-11(2)3/h5-6,9,11H,4,7-8,10H2,1-3H3,(H,16,18). The second-order valence-corrected chi connectivity index (χ2v) is 7.85. The number of sulfonamides is 1. The van der Waals surface area contributed by atoms with E-state index in [2.05, 4.69) is 5.32 Å². The average molecular weight is 310 g/mol. The van der Waals surface area contributed by atoms with Crippen LogP contribution in [0.3, 0.4) is 0 Å². The molecule has 0 spiro atoms. The number of rotatable bonds is 5. The lowest BCUT2D eigenvalue weighted by Gasteiger charge is -2.18. The summed E-state index contributed by atoms with van der Waals surface area (Å²) in [6.45, 7) is 6.81. The molecule has 0 atom stereocenters. The SMILES string of the molecule is CCS(=O)(=O)N1CCc2cc(C(=O)NCC(C)C)ccc21. The number of amides is 1. The first-order valence-corrected chi connectivity index (χ1v) is 8.87. The monoisotopic (exact) mass is 310 g/mol. The molecule has 0 radical (unpaired) electrons. The molecule has 1 aromatic rings. The van der Waals surface area contributed by atoms with E-state index in [0.29, 0.717) is 36.7 Å². The van der Waals surface area contributed by atoms with E-state index in [-0.39, 0.29) is 11.7 Å². The van der Waals surface area contributed by atoms with Crippen LogP contribution in [0, 0.1) is 5.92 Å². The Labute approximate surface area is 126 Å². The van der Waals surface area contributed by atoms with Crippen LogP contribution in [0.5, 0.6) is 0 Å². The second-order valence-electron chi connectivity index (χ2n) is 5.67. The summed E-state index contributed by atoms with van der Waals surface area (Å²) in [5.74, 6) is 0.375. The predicted octanol–water partition coefficient (Wildman–Crippen LogP) is 1.78. The maximum Gasteiger partial charge on any atom is 0.251 e. The number of carbonyl (C=O) groups is 1. The van der Waals surface area contributed by atoms with Crippen molar-refractivity contribution in [1.82, 2.24) is 5.32 Å². The van der Waals surface area contributed by atoms with Gasteiger partial charge in [-0.25, -0.2) is 8.42 Å². The third kappa shape index (κ3) is 3.37. The zero-order chi connectivity index (χ0) is 15.6. The van der Waals surface area contributed by atoms with Crippen LogP contribution in [-0.2, 0) is 16.4 Å². The lowest BCUT2D eigenvalue weighted by atomic mass is 10.1. The molecule has 5 nitrogen and oxygen atoms in total. The smallest absolute Gasteiger partial charge is 0.251 e. The molecule has 0 aliphatic carbocycles. The molecule has 1 aliphatic heterocycles. The van der Waals surface area contributed by atoms with Gasteiger partial charge in [0, 0.05) is 18.7 Å². The van der Waals surface area contributed by atoms with E-state index < -0.39 is 10.0 Å². The Morgan fingerprint density at radius 3 is 2.71 bits per heavy atom. The Balaban J connectivity index is 2.21. The van der Waals surface area contributed by atoms with Crippen LogP contribution in [0.2, 0.25) is 0 Å². The molecule has 1 amide bonds. The summed E-state index contributed by atoms with van der Waals surface area (Å²) in [6.07, 6.45) is 0.653. The van der Waals surface area contributed by atoms with Gasteiger partial charge in [-0.15, -0.1) is 0 Å². The van der Waals surface area contributed by atoms with E-state index >= 15 is 0 Å². The molecule has 1 aromatic carbocycles. The summed E-state index contributed by atoms with van der Waals surface area (Å²) < 4.78 is 25.5. The van der Waals surface area contributed by atoms with Gasteiger partial charge >= 0.3 is 0 Å². The van der Waals surface area contributed by atoms with Crippen molar-refractivity contribution in [2.45, 2.75) is 27.2 Å². The minimum Gasteiger partial charge on any atom is -0.352 e. The summed E-state index contributed by atoms with van der Waals surface area (Å²) in [5.41, 5.74) is 2.21. The molecule has 0 fully saturated rings. The van der Waals surface area contributed by atoms with E-state index in [0.717, 1.165) is 5.56 Å². The molecule has 0 bridgehead atoms. The van der Waals surface area contributed by atoms with Crippen molar-refractivity contribution >= 4 is 21.6 Å². The van der Waals surface area contributed by atoms with Crippen molar-refractivity contribution in [3.63, 3.8) is 0 Å². The van der Waals surface area contributed by atoms with Crippen LogP contribution in [0.25, 0.3) is 0 Å². The maximum absolute atomic E-state index is 12.0. The second kappa shape index (κ2) is 6.05. The summed E-state index contributed by atoms with van der Waals surface area (Å²) in [4.78, 5) is 12.0. The molecule has 0 saturated heterocycles. The first-order chi connectivity index (χ1) is 9.85. The van der Waals surface area contributed by atoms with Gasteiger partial charge in [0.1, 0.15) is 0 Å². The van der Waals surface area contributed by atoms with Crippen molar-refractivity contribution in [2.24, 2.45) is 5.92 Å². The maximum atomic E-state index is 12.0. The zero-order valence-corrected chi connectivity index (χ0v) is 13.5. The fourth-order valence-corrected chi connectivity index (χ4v) is 3.52. The summed E-state index contributed by atoms with van der Waals surface area (Å²) in [6, 6.07) is 5.23. The lowest BCUT2D eigenvalue weighted by molar-refractivity contribution is 0.0949. The van der Waals surface area contributed by atoms with Crippen LogP contribution in [0.4, 0.5) is 5.69 Å². The summed E-state index contributed by atoms with van der Waals surface area (Å²) in [7, 11) is -3.23. The number of fused-ring (bicyclic) bond motifs is 1. The Kier molecular flexibility index (Phi) is 4.56. The van der Waals surface area contributed by atoms with Gasteiger partial charge in [0.2, 0.25) is 10.0 Å². The highest BCUT2D eigenvalue weighted by atomic mass is 32.2. The molecule has 1 heterocycles. The number of carbonyl (C=O) groups excluding carboxylic acids is 1. The van der Waals surface area contributed by atoms with Crippen molar-refractivity contribution in [2.75, 3.05) is 23.1 Å². The highest BCUT2D eigenvalue weighted by molar-refractivity contribution is 7.92. The van der Waals surface area contributed by atoms with Gasteiger partial charge in [-0.3, -0.25) is 9.10 Å². The molecule has 1 N–H and O–H groups in total. The van der Waals surface area contributed by atoms with Gasteiger partial charge in [0.15, 0.2) is 0 Å². The number of anilines is 1. The van der Waals surface area contributed by atoms with Gasteiger partial charge in [-0.05, 0) is 43.0 Å². The first-order valence-electron chi connectivity index (χ1n) is 7.26. The Morgan fingerprint density at radius 1 is 1.38 bits per heavy atom. The minimum atomic E-state index is -3.23. The predicted molar refractivity (Wildman–Crippen MR) is 84.1 cm³/mol. The van der Waals surface area contributed by atoms with Gasteiger partial charge < -0.3 is 5.32 Å². The average Bonchev–Trinajstić information content (AvgIpc) is 2.88. The topological polar surface area (TPSA) is 66.5 Å². The van der Waals surface area contributed by atoms with Crippen molar-refractivity contribution in [3.05, 3.63) is 29.3 Å². The molecule has 21 heavy (non-hydrogen) atoms. The Bertz CT molecular complexity index is 638. The van der Waals surface area contributed by atoms with E-state index in [1.807, 2.05) is 13.8 Å². The van der Waals surface area contributed by atoms with Gasteiger partial charge in [-0.2, -0.15) is 0 Å². The number of benzene rings is 1. The fraction of sp³-hybridized carbons (Fsp3) is 0.533. The first kappa shape index (κ1) is 15.8. The normalized spacial score (nSPS) is 14.4. The minimum absolute atomic E-state index is 0.0864. The van der Waals surface area contributed by atoms with Crippen LogP contribution < -0.4 is 9.62 Å². The van der Waals surface area contributed by atoms with Crippen LogP contribution >= 0.6 is 0 Å². The van der Waals surface area contributed by atoms with Gasteiger partial charge in [0.25, 0.3) is 5.91 Å². The molecule has 1 aliphatic rings. The van der Waals surface area contributed by atoms with E-state index in [4.69, 9.17) is 0 Å². The molecule has 0 unspecified atom stereocenters. The third-order valence-corrected chi connectivity index (χ3v) is 5.35. The van der Waals surface area contributed by atoms with E-state index in [9.17, 15) is 13.2 Å². The molecule has 116 valence electrons. The van der Waals surface area contributed by atoms with Crippen molar-refractivity contribution in [3.8, 4) is 0 Å². The van der Waals surface area contributed by atoms with Crippen molar-refractivity contribution in [1.29, 1.82) is 0 Å². The van der Waals surface area contributed by atoms with Crippen molar-refractivity contribution < 1.29 is 13.2 Å². The Hall–Kier alpha value is -1.56. The molecule has 0 saturated carbocycles. The lowest BCUT2D eigenvalue weighted by Crippen LogP contribution is -2.30. The Morgan fingerprint density at radius 2 is 2.10 bits per heavy atom. The molecular formula is C15H22N2O3S. The quantitative estimate of drug-likeness (QED) is 0.901. The number of hydrogen-bond donors (Lipinski definition) is 1. The molecular weight excluding hydrogens is 288 g/mol. The van der Waals surface area contributed by atoms with Crippen LogP contribution in [0.15, 0.2) is 18.2 Å². The van der Waals surface area contributed by atoms with Crippen LogP contribution in [-0.4, -0.2) is 33.2 Å². The largest absolute Gasteiger partial charge is 0.352 e. The van der Waals surface area contributed by atoms with Gasteiger partial charge in [-0.1, -0.05) is 13.8 Å². The molecule has 2 rings (SSSR count). The van der Waals surface area contributed by atoms with Gasteiger partial charge in [0.05, 0.1) is 11.4 Å². The number of nitrogens with one attached hydrogen (secondary N) is 1. The third-order valence-electron chi connectivity index (χ3n) is 3.57. The number of nitrogens with zero attached hydrogens (tertiary/aromatic N) is 1. The van der Waals surface area contributed by atoms with E-state index in [1.54, 1.807) is 25.1 Å². The number of hydrogen-bond acceptors (Lipinski definition) is 3. The molecule has 6 heteroatoms. The fourth-order valence-electron chi connectivity index (χ4n) is 2.36. The zero-order valence-electron chi connectivity index (χ0n) is 12.7. The summed E-state index contributed by atoms with van der Waals surface area (Å²) >= 11 is 0. The summed E-state index contributed by atoms with van der Waals surface area (Å²) in [5, 5.41) is 2.87. The highest BCUT2D eigenvalue weighted by Crippen LogP contribution is 2.31. The highest BCUT2D eigenvalue weighted by Gasteiger charge is 2.28. The molecule has 0 aromatic heterocycles.